The predicted octanol–water partition coefficient (Wildman–Crippen LogP) is 5.17. The van der Waals surface area contributed by atoms with Crippen molar-refractivity contribution >= 4 is 16.9 Å². The summed E-state index contributed by atoms with van der Waals surface area (Å²) in [7, 11) is 1.59. The van der Waals surface area contributed by atoms with E-state index in [1.165, 1.54) is 0 Å². The van der Waals surface area contributed by atoms with E-state index in [2.05, 4.69) is 6.92 Å². The zero-order chi connectivity index (χ0) is 23.5. The maximum absolute atomic E-state index is 13.7. The molecule has 0 saturated carbocycles. The van der Waals surface area contributed by atoms with E-state index in [9.17, 15) is 9.59 Å². The molecule has 6 heteroatoms. The van der Waals surface area contributed by atoms with Crippen molar-refractivity contribution in [2.24, 2.45) is 0 Å². The molecule has 2 aromatic carbocycles. The van der Waals surface area contributed by atoms with Gasteiger partial charge in [-0.05, 0) is 55.2 Å². The topological polar surface area (TPSA) is 69.0 Å². The van der Waals surface area contributed by atoms with Gasteiger partial charge in [-0.3, -0.25) is 9.59 Å². The SMILES string of the molecule is CCCCCOc1cccc(C2c3c(oc4cc(C)cc(C)c4c3=O)C(=O)N2CCOC)c1. The Hall–Kier alpha value is -3.12. The maximum Gasteiger partial charge on any atom is 0.290 e. The molecular formula is C27H31NO5. The van der Waals surface area contributed by atoms with Crippen LogP contribution < -0.4 is 10.2 Å². The number of nitrogens with zero attached hydrogens (tertiary/aromatic N) is 1. The standard InChI is InChI=1S/C27H31NO5/c1-5-6-7-12-32-20-10-8-9-19(16-20)24-23-25(29)22-18(3)14-17(2)15-21(22)33-26(23)27(30)28(24)11-13-31-4/h8-10,14-16,24H,5-7,11-13H2,1-4H3. The minimum Gasteiger partial charge on any atom is -0.494 e. The summed E-state index contributed by atoms with van der Waals surface area (Å²) in [6.07, 6.45) is 3.23. The van der Waals surface area contributed by atoms with E-state index in [1.807, 2.05) is 50.2 Å². The first-order chi connectivity index (χ1) is 16.0. The van der Waals surface area contributed by atoms with E-state index in [4.69, 9.17) is 13.9 Å². The molecule has 174 valence electrons. The number of unbranched alkanes of at least 4 members (excludes halogenated alkanes) is 2. The van der Waals surface area contributed by atoms with E-state index >= 15 is 0 Å². The van der Waals surface area contributed by atoms with E-state index in [0.29, 0.717) is 36.3 Å². The molecular weight excluding hydrogens is 418 g/mol. The molecule has 1 unspecified atom stereocenters. The van der Waals surface area contributed by atoms with Crippen molar-refractivity contribution in [2.75, 3.05) is 26.9 Å². The monoisotopic (exact) mass is 449 g/mol. The summed E-state index contributed by atoms with van der Waals surface area (Å²) in [5.41, 5.74) is 3.33. The lowest BCUT2D eigenvalue weighted by Gasteiger charge is -2.25. The van der Waals surface area contributed by atoms with Gasteiger partial charge >= 0.3 is 0 Å². The number of aryl methyl sites for hydroxylation is 2. The second-order valence-electron chi connectivity index (χ2n) is 8.65. The van der Waals surface area contributed by atoms with Gasteiger partial charge < -0.3 is 18.8 Å². The van der Waals surface area contributed by atoms with Crippen LogP contribution in [0.4, 0.5) is 0 Å². The molecule has 33 heavy (non-hydrogen) atoms. The van der Waals surface area contributed by atoms with Gasteiger partial charge in [0.1, 0.15) is 11.3 Å². The van der Waals surface area contributed by atoms with Crippen molar-refractivity contribution in [1.29, 1.82) is 0 Å². The van der Waals surface area contributed by atoms with Crippen LogP contribution in [0.2, 0.25) is 0 Å². The number of benzene rings is 2. The van der Waals surface area contributed by atoms with Crippen molar-refractivity contribution in [2.45, 2.75) is 46.1 Å². The normalized spacial score (nSPS) is 15.3. The zero-order valence-electron chi connectivity index (χ0n) is 19.8. The summed E-state index contributed by atoms with van der Waals surface area (Å²) in [5.74, 6) is 0.556. The van der Waals surface area contributed by atoms with Gasteiger partial charge in [0.15, 0.2) is 5.43 Å². The summed E-state index contributed by atoms with van der Waals surface area (Å²) < 4.78 is 17.3. The van der Waals surface area contributed by atoms with Crippen LogP contribution in [0.5, 0.6) is 5.75 Å². The molecule has 0 saturated heterocycles. The number of carbonyl (C=O) groups excluding carboxylic acids is 1. The van der Waals surface area contributed by atoms with Crippen molar-refractivity contribution in [3.8, 4) is 5.75 Å². The van der Waals surface area contributed by atoms with Gasteiger partial charge in [-0.15, -0.1) is 0 Å². The van der Waals surface area contributed by atoms with Crippen LogP contribution in [0, 0.1) is 13.8 Å². The van der Waals surface area contributed by atoms with Gasteiger partial charge in [-0.2, -0.15) is 0 Å². The van der Waals surface area contributed by atoms with Crippen LogP contribution in [-0.2, 0) is 4.74 Å². The van der Waals surface area contributed by atoms with Gasteiger partial charge in [0.05, 0.1) is 30.2 Å². The number of hydrogen-bond acceptors (Lipinski definition) is 5. The molecule has 2 heterocycles. The molecule has 0 fully saturated rings. The van der Waals surface area contributed by atoms with Crippen LogP contribution in [0.1, 0.15) is 65.0 Å². The molecule has 1 aromatic heterocycles. The van der Waals surface area contributed by atoms with Gasteiger partial charge in [0.25, 0.3) is 5.91 Å². The second kappa shape index (κ2) is 9.79. The molecule has 1 aliphatic heterocycles. The van der Waals surface area contributed by atoms with Gasteiger partial charge in [0.2, 0.25) is 5.76 Å². The number of fused-ring (bicyclic) bond motifs is 2. The highest BCUT2D eigenvalue weighted by atomic mass is 16.5. The minimum absolute atomic E-state index is 0.118. The first-order valence-corrected chi connectivity index (χ1v) is 11.6. The number of amides is 1. The third-order valence-corrected chi connectivity index (χ3v) is 6.14. The number of rotatable bonds is 9. The summed E-state index contributed by atoms with van der Waals surface area (Å²) in [5, 5.41) is 0.526. The minimum atomic E-state index is -0.553. The van der Waals surface area contributed by atoms with Crippen molar-refractivity contribution in [3.63, 3.8) is 0 Å². The smallest absolute Gasteiger partial charge is 0.290 e. The average molecular weight is 450 g/mol. The van der Waals surface area contributed by atoms with Crippen LogP contribution in [0.3, 0.4) is 0 Å². The highest BCUT2D eigenvalue weighted by Gasteiger charge is 2.42. The zero-order valence-corrected chi connectivity index (χ0v) is 19.8. The van der Waals surface area contributed by atoms with Crippen molar-refractivity contribution in [1.82, 2.24) is 4.90 Å². The molecule has 0 spiro atoms. The van der Waals surface area contributed by atoms with E-state index in [-0.39, 0.29) is 17.1 Å². The highest BCUT2D eigenvalue weighted by molar-refractivity contribution is 5.99. The number of methoxy groups -OCH3 is 1. The molecule has 6 nitrogen and oxygen atoms in total. The first kappa shape index (κ1) is 23.1. The fourth-order valence-corrected chi connectivity index (χ4v) is 4.60. The van der Waals surface area contributed by atoms with Gasteiger partial charge in [-0.1, -0.05) is 38.0 Å². The van der Waals surface area contributed by atoms with Crippen LogP contribution >= 0.6 is 0 Å². The van der Waals surface area contributed by atoms with Crippen LogP contribution in [0.15, 0.2) is 45.6 Å². The lowest BCUT2D eigenvalue weighted by Crippen LogP contribution is -2.32. The third kappa shape index (κ3) is 4.40. The number of ether oxygens (including phenoxy) is 2. The van der Waals surface area contributed by atoms with E-state index < -0.39 is 6.04 Å². The molecule has 1 atom stereocenters. The largest absolute Gasteiger partial charge is 0.494 e. The summed E-state index contributed by atoms with van der Waals surface area (Å²) in [6.45, 7) is 7.34. The second-order valence-corrected chi connectivity index (χ2v) is 8.65. The summed E-state index contributed by atoms with van der Waals surface area (Å²) in [4.78, 5) is 28.8. The Morgan fingerprint density at radius 2 is 1.88 bits per heavy atom. The Morgan fingerprint density at radius 1 is 1.06 bits per heavy atom. The van der Waals surface area contributed by atoms with Gasteiger partial charge in [-0.25, -0.2) is 0 Å². The third-order valence-electron chi connectivity index (χ3n) is 6.14. The number of hydrogen-bond donors (Lipinski definition) is 0. The van der Waals surface area contributed by atoms with Gasteiger partial charge in [0, 0.05) is 13.7 Å². The summed E-state index contributed by atoms with van der Waals surface area (Å²) in [6, 6.07) is 10.9. The number of carbonyl (C=O) groups is 1. The fourth-order valence-electron chi connectivity index (χ4n) is 4.60. The Labute approximate surface area is 194 Å². The molecule has 3 aromatic rings. The van der Waals surface area contributed by atoms with E-state index in [1.54, 1.807) is 12.0 Å². The Balaban J connectivity index is 1.83. The van der Waals surface area contributed by atoms with Crippen LogP contribution in [-0.4, -0.2) is 37.7 Å². The fraction of sp³-hybridized carbons (Fsp3) is 0.407. The highest BCUT2D eigenvalue weighted by Crippen LogP contribution is 2.39. The Bertz CT molecular complexity index is 1230. The molecule has 4 rings (SSSR count). The quantitative estimate of drug-likeness (QED) is 0.422. The lowest BCUT2D eigenvalue weighted by atomic mass is 9.96. The first-order valence-electron chi connectivity index (χ1n) is 11.6. The molecule has 1 aliphatic rings. The van der Waals surface area contributed by atoms with E-state index in [0.717, 1.165) is 41.7 Å². The molecule has 0 radical (unpaired) electrons. The average Bonchev–Trinajstić information content (AvgIpc) is 3.07. The van der Waals surface area contributed by atoms with Crippen LogP contribution in [0.25, 0.3) is 11.0 Å². The molecule has 0 bridgehead atoms. The Kier molecular flexibility index (Phi) is 6.84. The van der Waals surface area contributed by atoms with Crippen molar-refractivity contribution < 1.29 is 18.7 Å². The predicted molar refractivity (Wildman–Crippen MR) is 128 cm³/mol. The molecule has 0 N–H and O–H groups in total. The summed E-state index contributed by atoms with van der Waals surface area (Å²) >= 11 is 0. The molecule has 1 amide bonds. The maximum atomic E-state index is 13.7. The van der Waals surface area contributed by atoms with Crippen molar-refractivity contribution in [3.05, 3.63) is 74.6 Å². The Morgan fingerprint density at radius 3 is 2.64 bits per heavy atom. The lowest BCUT2D eigenvalue weighted by molar-refractivity contribution is 0.0663. The molecule has 0 aliphatic carbocycles.